The van der Waals surface area contributed by atoms with Crippen LogP contribution in [0.2, 0.25) is 15.1 Å². The molecule has 0 heterocycles. The lowest BCUT2D eigenvalue weighted by molar-refractivity contribution is 0.268. The first-order valence-corrected chi connectivity index (χ1v) is 4.71. The summed E-state index contributed by atoms with van der Waals surface area (Å²) in [5, 5.41) is 9.94. The molecule has 0 radical (unpaired) electrons. The highest BCUT2D eigenvalue weighted by Crippen LogP contribution is 2.34. The van der Waals surface area contributed by atoms with Gasteiger partial charge in [0.15, 0.2) is 0 Å². The normalized spacial score (nSPS) is 13.0. The Hall–Kier alpha value is 0.01000. The van der Waals surface area contributed by atoms with E-state index in [1.807, 2.05) is 0 Å². The van der Waals surface area contributed by atoms with Crippen molar-refractivity contribution in [2.45, 2.75) is 6.04 Å². The first-order chi connectivity index (χ1) is 6.07. The summed E-state index contributed by atoms with van der Waals surface area (Å²) in [6.45, 7) is -0.222. The zero-order valence-electron chi connectivity index (χ0n) is 6.60. The molecule has 1 aromatic carbocycles. The summed E-state index contributed by atoms with van der Waals surface area (Å²) >= 11 is 17.5. The van der Waals surface area contributed by atoms with Crippen molar-refractivity contribution in [3.05, 3.63) is 32.8 Å². The van der Waals surface area contributed by atoms with Gasteiger partial charge in [-0.2, -0.15) is 0 Å². The van der Waals surface area contributed by atoms with Crippen LogP contribution in [0.15, 0.2) is 12.1 Å². The standard InChI is InChI=1S/C8H8Cl3NO/c9-4-1-2-5(10)8(11)7(4)6(12)3-13/h1-2,6,13H,3,12H2/t6-/m0/s1. The van der Waals surface area contributed by atoms with E-state index in [1.54, 1.807) is 12.1 Å². The molecular formula is C8H8Cl3NO. The van der Waals surface area contributed by atoms with Gasteiger partial charge >= 0.3 is 0 Å². The average molecular weight is 241 g/mol. The summed E-state index contributed by atoms with van der Waals surface area (Å²) in [6.07, 6.45) is 0. The molecule has 0 unspecified atom stereocenters. The highest BCUT2D eigenvalue weighted by atomic mass is 35.5. The summed E-state index contributed by atoms with van der Waals surface area (Å²) in [6, 6.07) is 2.58. The number of hydrogen-bond acceptors (Lipinski definition) is 2. The zero-order chi connectivity index (χ0) is 10.0. The van der Waals surface area contributed by atoms with E-state index in [0.717, 1.165) is 0 Å². The third-order valence-electron chi connectivity index (χ3n) is 1.65. The van der Waals surface area contributed by atoms with Gasteiger partial charge in [-0.25, -0.2) is 0 Å². The Morgan fingerprint density at radius 2 is 1.77 bits per heavy atom. The minimum absolute atomic E-state index is 0.222. The molecule has 0 aliphatic carbocycles. The second-order valence-corrected chi connectivity index (χ2v) is 3.74. The van der Waals surface area contributed by atoms with E-state index < -0.39 is 6.04 Å². The van der Waals surface area contributed by atoms with Crippen molar-refractivity contribution in [3.8, 4) is 0 Å². The number of nitrogens with two attached hydrogens (primary N) is 1. The largest absolute Gasteiger partial charge is 0.394 e. The van der Waals surface area contributed by atoms with Crippen LogP contribution in [0.4, 0.5) is 0 Å². The van der Waals surface area contributed by atoms with Gasteiger partial charge in [0, 0.05) is 10.6 Å². The summed E-state index contributed by atoms with van der Waals surface area (Å²) < 4.78 is 0. The molecule has 1 atom stereocenters. The lowest BCUT2D eigenvalue weighted by atomic mass is 10.1. The molecule has 0 spiro atoms. The van der Waals surface area contributed by atoms with Gasteiger partial charge in [0.2, 0.25) is 0 Å². The monoisotopic (exact) mass is 239 g/mol. The Labute approximate surface area is 91.2 Å². The van der Waals surface area contributed by atoms with Gasteiger partial charge in [-0.05, 0) is 12.1 Å². The van der Waals surface area contributed by atoms with E-state index in [4.69, 9.17) is 45.6 Å². The van der Waals surface area contributed by atoms with E-state index in [9.17, 15) is 0 Å². The van der Waals surface area contributed by atoms with Crippen molar-refractivity contribution in [3.63, 3.8) is 0 Å². The first kappa shape index (κ1) is 11.1. The lowest BCUT2D eigenvalue weighted by Gasteiger charge is -2.13. The fourth-order valence-electron chi connectivity index (χ4n) is 0.974. The molecule has 1 rings (SSSR count). The van der Waals surface area contributed by atoms with Crippen LogP contribution in [-0.4, -0.2) is 11.7 Å². The molecule has 13 heavy (non-hydrogen) atoms. The van der Waals surface area contributed by atoms with Crippen molar-refractivity contribution in [2.75, 3.05) is 6.61 Å². The van der Waals surface area contributed by atoms with E-state index >= 15 is 0 Å². The Kier molecular flexibility index (Phi) is 3.83. The number of rotatable bonds is 2. The van der Waals surface area contributed by atoms with E-state index in [-0.39, 0.29) is 6.61 Å². The number of aliphatic hydroxyl groups is 1. The van der Waals surface area contributed by atoms with Crippen LogP contribution < -0.4 is 5.73 Å². The van der Waals surface area contributed by atoms with Crippen LogP contribution >= 0.6 is 34.8 Å². The molecule has 0 bridgehead atoms. The van der Waals surface area contributed by atoms with Gasteiger partial charge in [-0.1, -0.05) is 34.8 Å². The molecule has 1 aromatic rings. The topological polar surface area (TPSA) is 46.2 Å². The number of hydrogen-bond donors (Lipinski definition) is 2. The number of halogens is 3. The minimum Gasteiger partial charge on any atom is -0.394 e. The van der Waals surface area contributed by atoms with Crippen molar-refractivity contribution in [1.29, 1.82) is 0 Å². The van der Waals surface area contributed by atoms with Gasteiger partial charge in [-0.15, -0.1) is 0 Å². The fourth-order valence-corrected chi connectivity index (χ4v) is 1.79. The van der Waals surface area contributed by atoms with Crippen LogP contribution in [0, 0.1) is 0 Å². The summed E-state index contributed by atoms with van der Waals surface area (Å²) in [4.78, 5) is 0. The van der Waals surface area contributed by atoms with Gasteiger partial charge in [0.25, 0.3) is 0 Å². The quantitative estimate of drug-likeness (QED) is 0.781. The summed E-state index contributed by atoms with van der Waals surface area (Å²) in [5.41, 5.74) is 6.07. The Bertz CT molecular complexity index is 317. The van der Waals surface area contributed by atoms with Gasteiger partial charge in [-0.3, -0.25) is 0 Å². The highest BCUT2D eigenvalue weighted by molar-refractivity contribution is 6.44. The van der Waals surface area contributed by atoms with Gasteiger partial charge < -0.3 is 10.8 Å². The molecule has 5 heteroatoms. The molecule has 0 saturated carbocycles. The van der Waals surface area contributed by atoms with E-state index in [2.05, 4.69) is 0 Å². The predicted molar refractivity (Wildman–Crippen MR) is 55.5 cm³/mol. The molecule has 72 valence electrons. The van der Waals surface area contributed by atoms with E-state index in [1.165, 1.54) is 0 Å². The molecule has 0 aliphatic rings. The maximum Gasteiger partial charge on any atom is 0.0655 e. The molecule has 0 saturated heterocycles. The second kappa shape index (κ2) is 4.49. The molecule has 0 amide bonds. The third-order valence-corrected chi connectivity index (χ3v) is 2.80. The van der Waals surface area contributed by atoms with Crippen LogP contribution in [0.5, 0.6) is 0 Å². The van der Waals surface area contributed by atoms with Crippen molar-refractivity contribution in [2.24, 2.45) is 5.73 Å². The maximum atomic E-state index is 8.84. The first-order valence-electron chi connectivity index (χ1n) is 3.57. The zero-order valence-corrected chi connectivity index (χ0v) is 8.87. The van der Waals surface area contributed by atoms with Crippen molar-refractivity contribution in [1.82, 2.24) is 0 Å². The van der Waals surface area contributed by atoms with Crippen LogP contribution in [-0.2, 0) is 0 Å². The molecule has 0 aliphatic heterocycles. The molecular weight excluding hydrogens is 232 g/mol. The smallest absolute Gasteiger partial charge is 0.0655 e. The van der Waals surface area contributed by atoms with Crippen molar-refractivity contribution >= 4 is 34.8 Å². The van der Waals surface area contributed by atoms with Gasteiger partial charge in [0.1, 0.15) is 0 Å². The highest BCUT2D eigenvalue weighted by Gasteiger charge is 2.15. The minimum atomic E-state index is -0.598. The Morgan fingerprint density at radius 1 is 1.23 bits per heavy atom. The van der Waals surface area contributed by atoms with Gasteiger partial charge in [0.05, 0.1) is 22.7 Å². The SMILES string of the molecule is N[C@@H](CO)c1c(Cl)ccc(Cl)c1Cl. The fraction of sp³-hybridized carbons (Fsp3) is 0.250. The lowest BCUT2D eigenvalue weighted by Crippen LogP contribution is -2.15. The average Bonchev–Trinajstić information content (AvgIpc) is 2.12. The summed E-state index contributed by atoms with van der Waals surface area (Å²) in [7, 11) is 0. The second-order valence-electron chi connectivity index (χ2n) is 2.55. The molecule has 0 fully saturated rings. The molecule has 3 N–H and O–H groups in total. The predicted octanol–water partition coefficient (Wildman–Crippen LogP) is 2.64. The van der Waals surface area contributed by atoms with Crippen LogP contribution in [0.3, 0.4) is 0 Å². The van der Waals surface area contributed by atoms with Crippen LogP contribution in [0.1, 0.15) is 11.6 Å². The molecule has 2 nitrogen and oxygen atoms in total. The third kappa shape index (κ3) is 2.27. The molecule has 0 aromatic heterocycles. The van der Waals surface area contributed by atoms with Crippen molar-refractivity contribution < 1.29 is 5.11 Å². The summed E-state index contributed by atoms with van der Waals surface area (Å²) in [5.74, 6) is 0. The number of aliphatic hydroxyl groups excluding tert-OH is 1. The Balaban J connectivity index is 3.25. The van der Waals surface area contributed by atoms with Crippen LogP contribution in [0.25, 0.3) is 0 Å². The maximum absolute atomic E-state index is 8.84. The number of benzene rings is 1. The van der Waals surface area contributed by atoms with E-state index in [0.29, 0.717) is 20.6 Å². The Morgan fingerprint density at radius 3 is 2.31 bits per heavy atom.